The summed E-state index contributed by atoms with van der Waals surface area (Å²) in [5.41, 5.74) is 2.74. The van der Waals surface area contributed by atoms with Gasteiger partial charge in [0.1, 0.15) is 5.52 Å². The lowest BCUT2D eigenvalue weighted by atomic mass is 10.2. The Bertz CT molecular complexity index is 961. The highest BCUT2D eigenvalue weighted by Gasteiger charge is 2.09. The lowest BCUT2D eigenvalue weighted by Crippen LogP contribution is -2.20. The Balaban J connectivity index is 1.52. The van der Waals surface area contributed by atoms with Crippen molar-refractivity contribution in [3.63, 3.8) is 0 Å². The zero-order chi connectivity index (χ0) is 18.5. The first-order valence-electron chi connectivity index (χ1n) is 7.78. The first kappa shape index (κ1) is 17.7. The summed E-state index contributed by atoms with van der Waals surface area (Å²) in [5, 5.41) is 3.00. The van der Waals surface area contributed by atoms with Gasteiger partial charge in [-0.25, -0.2) is 9.78 Å². The van der Waals surface area contributed by atoms with Gasteiger partial charge in [0.25, 0.3) is 5.91 Å². The van der Waals surface area contributed by atoms with Gasteiger partial charge in [-0.2, -0.15) is 0 Å². The van der Waals surface area contributed by atoms with Crippen LogP contribution in [-0.2, 0) is 14.3 Å². The summed E-state index contributed by atoms with van der Waals surface area (Å²) in [6.07, 6.45) is 2.54. The van der Waals surface area contributed by atoms with Crippen LogP contribution in [-0.4, -0.2) is 23.5 Å². The number of benzene rings is 2. The van der Waals surface area contributed by atoms with E-state index in [0.29, 0.717) is 21.8 Å². The van der Waals surface area contributed by atoms with Crippen molar-refractivity contribution in [3.8, 4) is 0 Å². The summed E-state index contributed by atoms with van der Waals surface area (Å²) in [7, 11) is 0. The number of fused-ring (bicyclic) bond motifs is 1. The molecule has 7 heteroatoms. The number of carbonyl (C=O) groups excluding carboxylic acids is 2. The molecule has 3 aromatic rings. The molecule has 0 fully saturated rings. The molecule has 26 heavy (non-hydrogen) atoms. The highest BCUT2D eigenvalue weighted by Crippen LogP contribution is 2.22. The molecule has 0 aliphatic rings. The topological polar surface area (TPSA) is 81.4 Å². The molecule has 2 aromatic carbocycles. The Morgan fingerprint density at radius 3 is 2.85 bits per heavy atom. The molecule has 132 valence electrons. The van der Waals surface area contributed by atoms with Gasteiger partial charge in [0.05, 0.1) is 10.7 Å². The number of oxazole rings is 1. The van der Waals surface area contributed by atoms with Gasteiger partial charge in [-0.15, -0.1) is 0 Å². The van der Waals surface area contributed by atoms with Crippen molar-refractivity contribution >= 4 is 46.3 Å². The first-order valence-corrected chi connectivity index (χ1v) is 8.15. The van der Waals surface area contributed by atoms with Crippen molar-refractivity contribution in [1.29, 1.82) is 0 Å². The van der Waals surface area contributed by atoms with E-state index in [2.05, 4.69) is 10.3 Å². The van der Waals surface area contributed by atoms with Crippen LogP contribution in [0.25, 0.3) is 17.2 Å². The maximum Gasteiger partial charge on any atom is 0.331 e. The van der Waals surface area contributed by atoms with Gasteiger partial charge in [0.2, 0.25) is 5.89 Å². The van der Waals surface area contributed by atoms with E-state index in [9.17, 15) is 9.59 Å². The number of amides is 1. The molecule has 3 rings (SSSR count). The Morgan fingerprint density at radius 2 is 2.08 bits per heavy atom. The molecule has 0 radical (unpaired) electrons. The van der Waals surface area contributed by atoms with Crippen LogP contribution in [0.2, 0.25) is 5.02 Å². The second kappa shape index (κ2) is 7.84. The number of aryl methyl sites for hydroxylation is 1. The van der Waals surface area contributed by atoms with Crippen molar-refractivity contribution < 1.29 is 18.7 Å². The summed E-state index contributed by atoms with van der Waals surface area (Å²) in [5.74, 6) is -0.893. The summed E-state index contributed by atoms with van der Waals surface area (Å²) < 4.78 is 10.3. The van der Waals surface area contributed by atoms with Crippen molar-refractivity contribution in [3.05, 3.63) is 65.0 Å². The third-order valence-electron chi connectivity index (χ3n) is 3.42. The number of aromatic nitrogens is 1. The van der Waals surface area contributed by atoms with Gasteiger partial charge in [-0.05, 0) is 36.8 Å². The molecule has 0 atom stereocenters. The number of hydrogen-bond donors (Lipinski definition) is 1. The van der Waals surface area contributed by atoms with Crippen LogP contribution in [0.5, 0.6) is 0 Å². The van der Waals surface area contributed by atoms with E-state index in [4.69, 9.17) is 20.8 Å². The standard InChI is InChI=1S/C19H15ClN2O4/c1-12-6-7-14(13(20)10-12)21-17(23)11-25-19(24)9-8-18-22-15-4-2-3-5-16(15)26-18/h2-10H,11H2,1H3,(H,21,23)/b9-8+. The minimum absolute atomic E-state index is 0.277. The second-order valence-corrected chi connectivity index (χ2v) is 5.90. The number of hydrogen-bond acceptors (Lipinski definition) is 5. The van der Waals surface area contributed by atoms with E-state index in [0.717, 1.165) is 11.6 Å². The Kier molecular flexibility index (Phi) is 5.34. The SMILES string of the molecule is Cc1ccc(NC(=O)COC(=O)/C=C/c2nc3ccccc3o2)c(Cl)c1. The number of nitrogens with zero attached hydrogens (tertiary/aromatic N) is 1. The zero-order valence-corrected chi connectivity index (χ0v) is 14.6. The maximum absolute atomic E-state index is 11.8. The van der Waals surface area contributed by atoms with Crippen LogP contribution >= 0.6 is 11.6 Å². The van der Waals surface area contributed by atoms with Crippen molar-refractivity contribution in [1.82, 2.24) is 4.98 Å². The van der Waals surface area contributed by atoms with Crippen LogP contribution in [0.3, 0.4) is 0 Å². The van der Waals surface area contributed by atoms with E-state index in [1.165, 1.54) is 6.08 Å². The lowest BCUT2D eigenvalue weighted by molar-refractivity contribution is -0.142. The number of rotatable bonds is 5. The minimum Gasteiger partial charge on any atom is -0.452 e. The largest absolute Gasteiger partial charge is 0.452 e. The van der Waals surface area contributed by atoms with E-state index in [1.54, 1.807) is 24.3 Å². The van der Waals surface area contributed by atoms with Gasteiger partial charge in [0.15, 0.2) is 12.2 Å². The Morgan fingerprint density at radius 1 is 1.27 bits per heavy atom. The fourth-order valence-corrected chi connectivity index (χ4v) is 2.48. The number of esters is 1. The van der Waals surface area contributed by atoms with Gasteiger partial charge in [-0.1, -0.05) is 29.8 Å². The normalized spacial score (nSPS) is 11.0. The minimum atomic E-state index is -0.683. The number of ether oxygens (including phenoxy) is 1. The van der Waals surface area contributed by atoms with Gasteiger partial charge < -0.3 is 14.5 Å². The molecular formula is C19H15ClN2O4. The van der Waals surface area contributed by atoms with E-state index >= 15 is 0 Å². The third kappa shape index (κ3) is 4.49. The van der Waals surface area contributed by atoms with Gasteiger partial charge in [0, 0.05) is 12.2 Å². The third-order valence-corrected chi connectivity index (χ3v) is 3.73. The first-order chi connectivity index (χ1) is 12.5. The molecule has 1 N–H and O–H groups in total. The molecule has 0 spiro atoms. The molecule has 0 unspecified atom stereocenters. The number of nitrogens with one attached hydrogen (secondary N) is 1. The molecule has 1 aromatic heterocycles. The lowest BCUT2D eigenvalue weighted by Gasteiger charge is -2.07. The highest BCUT2D eigenvalue weighted by molar-refractivity contribution is 6.33. The maximum atomic E-state index is 11.8. The van der Waals surface area contributed by atoms with E-state index < -0.39 is 18.5 Å². The van der Waals surface area contributed by atoms with Crippen molar-refractivity contribution in [2.75, 3.05) is 11.9 Å². The molecule has 0 saturated heterocycles. The van der Waals surface area contributed by atoms with Crippen molar-refractivity contribution in [2.45, 2.75) is 6.92 Å². The van der Waals surface area contributed by atoms with Crippen LogP contribution < -0.4 is 5.32 Å². The monoisotopic (exact) mass is 370 g/mol. The molecule has 1 amide bonds. The summed E-state index contributed by atoms with van der Waals surface area (Å²) in [4.78, 5) is 27.8. The zero-order valence-electron chi connectivity index (χ0n) is 13.9. The Labute approximate surface area is 154 Å². The molecule has 1 heterocycles. The number of halogens is 1. The smallest absolute Gasteiger partial charge is 0.331 e. The second-order valence-electron chi connectivity index (χ2n) is 5.49. The van der Waals surface area contributed by atoms with Crippen LogP contribution in [0, 0.1) is 6.92 Å². The molecular weight excluding hydrogens is 356 g/mol. The molecule has 0 bridgehead atoms. The van der Waals surface area contributed by atoms with E-state index in [-0.39, 0.29) is 5.89 Å². The summed E-state index contributed by atoms with van der Waals surface area (Å²) >= 11 is 6.04. The van der Waals surface area contributed by atoms with Gasteiger partial charge >= 0.3 is 5.97 Å². The number of anilines is 1. The summed E-state index contributed by atoms with van der Waals surface area (Å²) in [6, 6.07) is 12.5. The fraction of sp³-hybridized carbons (Fsp3) is 0.105. The summed E-state index contributed by atoms with van der Waals surface area (Å²) in [6.45, 7) is 1.46. The average molecular weight is 371 g/mol. The van der Waals surface area contributed by atoms with E-state index in [1.807, 2.05) is 25.1 Å². The Hall–Kier alpha value is -3.12. The van der Waals surface area contributed by atoms with Crippen LogP contribution in [0.4, 0.5) is 5.69 Å². The van der Waals surface area contributed by atoms with Gasteiger partial charge in [-0.3, -0.25) is 4.79 Å². The average Bonchev–Trinajstić information content (AvgIpc) is 3.03. The number of carbonyl (C=O) groups is 2. The molecule has 6 nitrogen and oxygen atoms in total. The molecule has 0 aliphatic heterocycles. The molecule has 0 saturated carbocycles. The highest BCUT2D eigenvalue weighted by atomic mass is 35.5. The predicted octanol–water partition coefficient (Wildman–Crippen LogP) is 3.98. The molecule has 0 aliphatic carbocycles. The van der Waals surface area contributed by atoms with Crippen LogP contribution in [0.1, 0.15) is 11.5 Å². The quantitative estimate of drug-likeness (QED) is 0.542. The number of para-hydroxylation sites is 2. The predicted molar refractivity (Wildman–Crippen MR) is 98.8 cm³/mol. The van der Waals surface area contributed by atoms with Crippen LogP contribution in [0.15, 0.2) is 53.0 Å². The van der Waals surface area contributed by atoms with Crippen molar-refractivity contribution in [2.24, 2.45) is 0 Å². The fourth-order valence-electron chi connectivity index (χ4n) is 2.19.